The van der Waals surface area contributed by atoms with Crippen LogP contribution in [0, 0.1) is 0 Å². The molecule has 1 aliphatic rings. The SMILES string of the molecule is COc1ccccc1NC(=O)C1=C(C)Nc2nc(-c3ccccc3Cl)nn2C1c1ccc(Cl)cc1. The zero-order valence-corrected chi connectivity index (χ0v) is 20.4. The van der Waals surface area contributed by atoms with Gasteiger partial charge in [-0.15, -0.1) is 5.10 Å². The maximum atomic E-state index is 13.7. The third-order valence-corrected chi connectivity index (χ3v) is 6.33. The Morgan fingerprint density at radius 3 is 2.49 bits per heavy atom. The molecule has 9 heteroatoms. The van der Waals surface area contributed by atoms with Crippen LogP contribution >= 0.6 is 23.2 Å². The van der Waals surface area contributed by atoms with Crippen molar-refractivity contribution in [3.8, 4) is 17.1 Å². The first-order chi connectivity index (χ1) is 17.0. The van der Waals surface area contributed by atoms with Crippen LogP contribution in [0.4, 0.5) is 11.6 Å². The van der Waals surface area contributed by atoms with Gasteiger partial charge < -0.3 is 15.4 Å². The summed E-state index contributed by atoms with van der Waals surface area (Å²) in [7, 11) is 1.56. The lowest BCUT2D eigenvalue weighted by atomic mass is 9.95. The van der Waals surface area contributed by atoms with E-state index in [4.69, 9.17) is 33.0 Å². The molecule has 0 radical (unpaired) electrons. The Hall–Kier alpha value is -3.81. The largest absolute Gasteiger partial charge is 0.495 e. The number of para-hydroxylation sites is 2. The monoisotopic (exact) mass is 505 g/mol. The molecule has 4 aromatic rings. The standard InChI is InChI=1S/C26H21Cl2N5O2/c1-15-22(25(34)30-20-9-5-6-10-21(20)35-2)23(16-11-13-17(27)14-12-16)33-26(29-15)31-24(32-33)18-7-3-4-8-19(18)28/h3-14,23H,1-2H3,(H,30,34)(H,29,31,32). The summed E-state index contributed by atoms with van der Waals surface area (Å²) in [5.74, 6) is 1.23. The molecule has 2 heterocycles. The Bertz CT molecular complexity index is 1450. The van der Waals surface area contributed by atoms with Crippen molar-refractivity contribution in [1.29, 1.82) is 0 Å². The highest BCUT2D eigenvalue weighted by Crippen LogP contribution is 2.38. The van der Waals surface area contributed by atoms with Crippen LogP contribution in [0.1, 0.15) is 18.5 Å². The van der Waals surface area contributed by atoms with E-state index < -0.39 is 6.04 Å². The van der Waals surface area contributed by atoms with E-state index in [0.717, 1.165) is 5.56 Å². The molecular formula is C26H21Cl2N5O2. The van der Waals surface area contributed by atoms with Crippen LogP contribution in [-0.2, 0) is 4.79 Å². The third-order valence-electron chi connectivity index (χ3n) is 5.75. The van der Waals surface area contributed by atoms with Crippen molar-refractivity contribution in [2.45, 2.75) is 13.0 Å². The lowest BCUT2D eigenvalue weighted by molar-refractivity contribution is -0.113. The van der Waals surface area contributed by atoms with E-state index in [9.17, 15) is 4.79 Å². The van der Waals surface area contributed by atoms with Gasteiger partial charge >= 0.3 is 0 Å². The first-order valence-corrected chi connectivity index (χ1v) is 11.6. The van der Waals surface area contributed by atoms with Gasteiger partial charge in [0.1, 0.15) is 11.8 Å². The van der Waals surface area contributed by atoms with E-state index in [0.29, 0.717) is 50.1 Å². The van der Waals surface area contributed by atoms with Crippen molar-refractivity contribution in [2.75, 3.05) is 17.7 Å². The molecule has 0 spiro atoms. The fourth-order valence-electron chi connectivity index (χ4n) is 4.09. The number of aromatic nitrogens is 3. The number of rotatable bonds is 5. The molecule has 0 fully saturated rings. The maximum absolute atomic E-state index is 13.7. The summed E-state index contributed by atoms with van der Waals surface area (Å²) in [5, 5.41) is 12.1. The zero-order valence-electron chi connectivity index (χ0n) is 18.9. The number of fused-ring (bicyclic) bond motifs is 1. The molecule has 176 valence electrons. The number of hydrogen-bond donors (Lipinski definition) is 2. The number of halogens is 2. The Morgan fingerprint density at radius 1 is 1.03 bits per heavy atom. The molecule has 0 bridgehead atoms. The Balaban J connectivity index is 1.61. The normalized spacial score (nSPS) is 14.8. The van der Waals surface area contributed by atoms with Crippen LogP contribution in [0.25, 0.3) is 11.4 Å². The van der Waals surface area contributed by atoms with E-state index in [1.807, 2.05) is 49.4 Å². The number of nitrogens with one attached hydrogen (secondary N) is 2. The molecule has 0 saturated heterocycles. The number of hydrogen-bond acceptors (Lipinski definition) is 5. The summed E-state index contributed by atoms with van der Waals surface area (Å²) in [6.45, 7) is 1.84. The van der Waals surface area contributed by atoms with Gasteiger partial charge in [-0.3, -0.25) is 4.79 Å². The number of methoxy groups -OCH3 is 1. The lowest BCUT2D eigenvalue weighted by Gasteiger charge is -2.28. The average Bonchev–Trinajstić information content (AvgIpc) is 3.27. The second-order valence-electron chi connectivity index (χ2n) is 7.96. The third kappa shape index (κ3) is 4.36. The molecule has 1 atom stereocenters. The van der Waals surface area contributed by atoms with Crippen LogP contribution in [0.5, 0.6) is 5.75 Å². The zero-order chi connectivity index (χ0) is 24.5. The summed E-state index contributed by atoms with van der Waals surface area (Å²) in [4.78, 5) is 18.3. The second-order valence-corrected chi connectivity index (χ2v) is 8.80. The number of nitrogens with zero attached hydrogens (tertiary/aromatic N) is 3. The van der Waals surface area contributed by atoms with Crippen molar-refractivity contribution in [1.82, 2.24) is 14.8 Å². The minimum atomic E-state index is -0.554. The minimum absolute atomic E-state index is 0.292. The van der Waals surface area contributed by atoms with Crippen molar-refractivity contribution >= 4 is 40.7 Å². The molecule has 1 aromatic heterocycles. The van der Waals surface area contributed by atoms with Gasteiger partial charge in [-0.25, -0.2) is 4.68 Å². The molecular weight excluding hydrogens is 485 g/mol. The smallest absolute Gasteiger partial charge is 0.255 e. The van der Waals surface area contributed by atoms with E-state index in [-0.39, 0.29) is 5.91 Å². The number of ether oxygens (including phenoxy) is 1. The average molecular weight is 506 g/mol. The summed E-state index contributed by atoms with van der Waals surface area (Å²) in [6.07, 6.45) is 0. The van der Waals surface area contributed by atoms with Gasteiger partial charge in [-0.05, 0) is 48.9 Å². The van der Waals surface area contributed by atoms with Crippen LogP contribution in [-0.4, -0.2) is 27.8 Å². The molecule has 1 aliphatic heterocycles. The van der Waals surface area contributed by atoms with Crippen molar-refractivity contribution in [3.63, 3.8) is 0 Å². The van der Waals surface area contributed by atoms with Gasteiger partial charge in [0, 0.05) is 16.3 Å². The van der Waals surface area contributed by atoms with Gasteiger partial charge in [-0.2, -0.15) is 4.98 Å². The molecule has 1 amide bonds. The highest BCUT2D eigenvalue weighted by Gasteiger charge is 2.35. The van der Waals surface area contributed by atoms with Gasteiger partial charge in [-0.1, -0.05) is 59.6 Å². The van der Waals surface area contributed by atoms with E-state index in [2.05, 4.69) is 15.6 Å². The van der Waals surface area contributed by atoms with Gasteiger partial charge in [0.05, 0.1) is 23.4 Å². The number of allylic oxidation sites excluding steroid dienone is 1. The van der Waals surface area contributed by atoms with Crippen molar-refractivity contribution < 1.29 is 9.53 Å². The number of carbonyl (C=O) groups is 1. The number of benzene rings is 3. The molecule has 2 N–H and O–H groups in total. The number of amides is 1. The summed E-state index contributed by atoms with van der Waals surface area (Å²) < 4.78 is 7.10. The molecule has 0 saturated carbocycles. The summed E-state index contributed by atoms with van der Waals surface area (Å²) >= 11 is 12.6. The minimum Gasteiger partial charge on any atom is -0.495 e. The Morgan fingerprint density at radius 2 is 1.74 bits per heavy atom. The number of anilines is 2. The number of carbonyl (C=O) groups excluding carboxylic acids is 1. The first kappa shape index (κ1) is 23.0. The van der Waals surface area contributed by atoms with Crippen LogP contribution in [0.2, 0.25) is 10.0 Å². The van der Waals surface area contributed by atoms with Crippen molar-refractivity contribution in [3.05, 3.63) is 99.7 Å². The second kappa shape index (κ2) is 9.44. The predicted octanol–water partition coefficient (Wildman–Crippen LogP) is 6.19. The molecule has 1 unspecified atom stereocenters. The quantitative estimate of drug-likeness (QED) is 0.338. The predicted molar refractivity (Wildman–Crippen MR) is 138 cm³/mol. The Labute approximate surface area is 212 Å². The molecule has 0 aliphatic carbocycles. The van der Waals surface area contributed by atoms with Gasteiger partial charge in [0.15, 0.2) is 5.82 Å². The lowest BCUT2D eigenvalue weighted by Crippen LogP contribution is -2.31. The fraction of sp³-hybridized carbons (Fsp3) is 0.115. The highest BCUT2D eigenvalue weighted by molar-refractivity contribution is 6.33. The summed E-state index contributed by atoms with van der Waals surface area (Å²) in [5.41, 5.74) is 3.24. The van der Waals surface area contributed by atoms with E-state index in [1.165, 1.54) is 0 Å². The van der Waals surface area contributed by atoms with Crippen LogP contribution in [0.15, 0.2) is 84.1 Å². The van der Waals surface area contributed by atoms with Gasteiger partial charge in [0.25, 0.3) is 5.91 Å². The molecule has 7 nitrogen and oxygen atoms in total. The first-order valence-electron chi connectivity index (χ1n) is 10.9. The van der Waals surface area contributed by atoms with Crippen molar-refractivity contribution in [2.24, 2.45) is 0 Å². The maximum Gasteiger partial charge on any atom is 0.255 e. The fourth-order valence-corrected chi connectivity index (χ4v) is 4.44. The van der Waals surface area contributed by atoms with E-state index >= 15 is 0 Å². The van der Waals surface area contributed by atoms with E-state index in [1.54, 1.807) is 42.1 Å². The van der Waals surface area contributed by atoms with Crippen LogP contribution in [0.3, 0.4) is 0 Å². The summed E-state index contributed by atoms with van der Waals surface area (Å²) in [6, 6.07) is 21.4. The molecule has 35 heavy (non-hydrogen) atoms. The Kier molecular flexibility index (Phi) is 6.19. The molecule has 3 aromatic carbocycles. The topological polar surface area (TPSA) is 81.1 Å². The molecule has 5 rings (SSSR count). The van der Waals surface area contributed by atoms with Gasteiger partial charge in [0.2, 0.25) is 5.95 Å². The van der Waals surface area contributed by atoms with Crippen LogP contribution < -0.4 is 15.4 Å². The highest BCUT2D eigenvalue weighted by atomic mass is 35.5.